The van der Waals surface area contributed by atoms with Crippen LogP contribution < -0.4 is 0 Å². The molecule has 0 aromatic heterocycles. The van der Waals surface area contributed by atoms with Crippen LogP contribution in [0.25, 0.3) is 0 Å². The molecule has 0 saturated carbocycles. The second-order valence-electron chi connectivity index (χ2n) is 5.88. The first-order chi connectivity index (χ1) is 11.4. The van der Waals surface area contributed by atoms with E-state index in [0.29, 0.717) is 12.0 Å². The van der Waals surface area contributed by atoms with Crippen LogP contribution in [0.15, 0.2) is 23.8 Å². The van der Waals surface area contributed by atoms with Crippen molar-refractivity contribution in [3.63, 3.8) is 0 Å². The quantitative estimate of drug-likeness (QED) is 0.282. The number of Topliss-reactive ketones (excluding diaryl/α,β-unsaturated/α-hetero) is 1. The van der Waals surface area contributed by atoms with E-state index in [4.69, 9.17) is 4.74 Å². The van der Waals surface area contributed by atoms with Crippen molar-refractivity contribution in [1.82, 2.24) is 4.90 Å². The zero-order valence-electron chi connectivity index (χ0n) is 13.9. The third-order valence-electron chi connectivity index (χ3n) is 4.08. The van der Waals surface area contributed by atoms with Gasteiger partial charge in [0.25, 0.3) is 5.91 Å². The largest absolute Gasteiger partial charge is 0.466 e. The predicted octanol–water partition coefficient (Wildman–Crippen LogP) is 0.787. The maximum atomic E-state index is 12.5. The summed E-state index contributed by atoms with van der Waals surface area (Å²) in [6.45, 7) is 3.50. The second-order valence-corrected chi connectivity index (χ2v) is 5.88. The summed E-state index contributed by atoms with van der Waals surface area (Å²) in [6.07, 6.45) is 5.47. The van der Waals surface area contributed by atoms with Crippen molar-refractivity contribution < 1.29 is 28.7 Å². The number of fused-ring (bicyclic) bond motifs is 1. The van der Waals surface area contributed by atoms with Gasteiger partial charge in [0.15, 0.2) is 5.78 Å². The third kappa shape index (κ3) is 3.62. The van der Waals surface area contributed by atoms with Crippen LogP contribution in [-0.4, -0.2) is 54.8 Å². The fourth-order valence-electron chi connectivity index (χ4n) is 2.78. The summed E-state index contributed by atoms with van der Waals surface area (Å²) in [5.74, 6) is -1.55. The van der Waals surface area contributed by atoms with E-state index in [9.17, 15) is 19.2 Å². The number of nitrogens with zero attached hydrogens (tertiary/aromatic N) is 1. The number of carbonyl (C=O) groups excluding carboxylic acids is 4. The predicted molar refractivity (Wildman–Crippen MR) is 83.7 cm³/mol. The summed E-state index contributed by atoms with van der Waals surface area (Å²) < 4.78 is 9.85. The number of allylic oxidation sites excluding steroid dienone is 3. The number of carbonyl (C=O) groups is 4. The van der Waals surface area contributed by atoms with Crippen LogP contribution in [0.4, 0.5) is 0 Å². The number of rotatable bonds is 8. The first-order valence-electron chi connectivity index (χ1n) is 7.88. The van der Waals surface area contributed by atoms with Gasteiger partial charge in [-0.25, -0.2) is 0 Å². The molecule has 1 saturated heterocycles. The Hall–Kier alpha value is -2.28. The Kier molecular flexibility index (Phi) is 5.66. The standard InChI is InChI=1S/C17H21NO6/c1-3-24-14(20)10-12(19)11-23-9-8-18-15(21)13-6-4-5-7-17(13,2)16(18)22/h4-6H,3,7-11H2,1-2H3. The van der Waals surface area contributed by atoms with Gasteiger partial charge in [0.1, 0.15) is 13.0 Å². The van der Waals surface area contributed by atoms with Crippen molar-refractivity contribution in [3.05, 3.63) is 23.8 Å². The fourth-order valence-corrected chi connectivity index (χ4v) is 2.78. The highest BCUT2D eigenvalue weighted by Gasteiger charge is 2.51. The van der Waals surface area contributed by atoms with Gasteiger partial charge in [-0.2, -0.15) is 0 Å². The van der Waals surface area contributed by atoms with Gasteiger partial charge in [-0.1, -0.05) is 18.2 Å². The molecule has 2 rings (SSSR count). The Morgan fingerprint density at radius 3 is 2.75 bits per heavy atom. The molecule has 1 aliphatic carbocycles. The van der Waals surface area contributed by atoms with Crippen LogP contribution in [-0.2, 0) is 28.7 Å². The second kappa shape index (κ2) is 7.53. The molecule has 2 amide bonds. The van der Waals surface area contributed by atoms with Gasteiger partial charge in [-0.15, -0.1) is 0 Å². The van der Waals surface area contributed by atoms with Crippen LogP contribution in [0.1, 0.15) is 26.7 Å². The lowest BCUT2D eigenvalue weighted by atomic mass is 9.78. The van der Waals surface area contributed by atoms with Gasteiger partial charge in [0.2, 0.25) is 5.91 Å². The average Bonchev–Trinajstić information content (AvgIpc) is 2.72. The number of esters is 1. The molecule has 1 aliphatic heterocycles. The van der Waals surface area contributed by atoms with Gasteiger partial charge in [0, 0.05) is 5.57 Å². The summed E-state index contributed by atoms with van der Waals surface area (Å²) in [5.41, 5.74) is -0.306. The van der Waals surface area contributed by atoms with Crippen molar-refractivity contribution in [2.75, 3.05) is 26.4 Å². The summed E-state index contributed by atoms with van der Waals surface area (Å²) >= 11 is 0. The molecule has 7 nitrogen and oxygen atoms in total. The van der Waals surface area contributed by atoms with E-state index >= 15 is 0 Å². The minimum absolute atomic E-state index is 0.0445. The summed E-state index contributed by atoms with van der Waals surface area (Å²) in [5, 5.41) is 0. The van der Waals surface area contributed by atoms with Gasteiger partial charge < -0.3 is 9.47 Å². The van der Waals surface area contributed by atoms with E-state index < -0.39 is 17.2 Å². The first kappa shape index (κ1) is 18.1. The molecule has 0 aromatic rings. The molecule has 0 bridgehead atoms. The van der Waals surface area contributed by atoms with Gasteiger partial charge in [-0.05, 0) is 20.3 Å². The number of ketones is 1. The molecule has 0 spiro atoms. The van der Waals surface area contributed by atoms with Crippen LogP contribution in [0.2, 0.25) is 0 Å². The Balaban J connectivity index is 1.79. The van der Waals surface area contributed by atoms with E-state index in [0.717, 1.165) is 4.90 Å². The molecule has 0 aromatic carbocycles. The molecule has 0 N–H and O–H groups in total. The molecule has 1 unspecified atom stereocenters. The minimum Gasteiger partial charge on any atom is -0.466 e. The molecule has 2 aliphatic rings. The van der Waals surface area contributed by atoms with Crippen molar-refractivity contribution in [2.45, 2.75) is 26.7 Å². The summed E-state index contributed by atoms with van der Waals surface area (Å²) in [4.78, 5) is 48.6. The van der Waals surface area contributed by atoms with Crippen molar-refractivity contribution >= 4 is 23.6 Å². The molecular formula is C17H21NO6. The summed E-state index contributed by atoms with van der Waals surface area (Å²) in [6, 6.07) is 0. The van der Waals surface area contributed by atoms with Crippen molar-refractivity contribution in [3.8, 4) is 0 Å². The maximum Gasteiger partial charge on any atom is 0.313 e. The molecule has 1 heterocycles. The Morgan fingerprint density at radius 2 is 2.08 bits per heavy atom. The lowest BCUT2D eigenvalue weighted by Gasteiger charge is -2.22. The maximum absolute atomic E-state index is 12.5. The Morgan fingerprint density at radius 1 is 1.33 bits per heavy atom. The Labute approximate surface area is 140 Å². The minimum atomic E-state index is -0.800. The van der Waals surface area contributed by atoms with E-state index in [1.165, 1.54) is 0 Å². The number of imide groups is 1. The molecule has 1 fully saturated rings. The van der Waals surface area contributed by atoms with Crippen LogP contribution in [0.5, 0.6) is 0 Å². The van der Waals surface area contributed by atoms with Crippen LogP contribution in [0.3, 0.4) is 0 Å². The van der Waals surface area contributed by atoms with Gasteiger partial charge in [-0.3, -0.25) is 24.1 Å². The number of hydrogen-bond donors (Lipinski definition) is 0. The van der Waals surface area contributed by atoms with Crippen molar-refractivity contribution in [1.29, 1.82) is 0 Å². The zero-order valence-corrected chi connectivity index (χ0v) is 13.9. The highest BCUT2D eigenvalue weighted by Crippen LogP contribution is 2.42. The van der Waals surface area contributed by atoms with E-state index in [2.05, 4.69) is 4.74 Å². The van der Waals surface area contributed by atoms with E-state index in [1.807, 2.05) is 6.08 Å². The first-order valence-corrected chi connectivity index (χ1v) is 7.88. The van der Waals surface area contributed by atoms with Crippen molar-refractivity contribution in [2.24, 2.45) is 5.41 Å². The van der Waals surface area contributed by atoms with Gasteiger partial charge >= 0.3 is 5.97 Å². The SMILES string of the molecule is CCOC(=O)CC(=O)COCCN1C(=O)C2=CC=CCC2(C)C1=O. The van der Waals surface area contributed by atoms with Gasteiger partial charge in [0.05, 0.1) is 25.2 Å². The summed E-state index contributed by atoms with van der Waals surface area (Å²) in [7, 11) is 0. The Bertz CT molecular complexity index is 621. The third-order valence-corrected chi connectivity index (χ3v) is 4.08. The topological polar surface area (TPSA) is 90.0 Å². The molecule has 0 radical (unpaired) electrons. The monoisotopic (exact) mass is 335 g/mol. The molecule has 130 valence electrons. The molecule has 24 heavy (non-hydrogen) atoms. The smallest absolute Gasteiger partial charge is 0.313 e. The van der Waals surface area contributed by atoms with Crippen LogP contribution >= 0.6 is 0 Å². The number of likely N-dealkylation sites (tertiary alicyclic amines) is 1. The lowest BCUT2D eigenvalue weighted by molar-refractivity contribution is -0.146. The number of amides is 2. The van der Waals surface area contributed by atoms with E-state index in [-0.39, 0.29) is 44.6 Å². The number of ether oxygens (including phenoxy) is 2. The zero-order chi connectivity index (χ0) is 17.7. The lowest BCUT2D eigenvalue weighted by Crippen LogP contribution is -2.36. The molecule has 1 atom stereocenters. The highest BCUT2D eigenvalue weighted by molar-refractivity contribution is 6.17. The molecule has 7 heteroatoms. The van der Waals surface area contributed by atoms with Crippen LogP contribution in [0, 0.1) is 5.41 Å². The van der Waals surface area contributed by atoms with E-state index in [1.54, 1.807) is 26.0 Å². The highest BCUT2D eigenvalue weighted by atomic mass is 16.5. The average molecular weight is 335 g/mol. The normalized spacial score (nSPS) is 22.4. The fraction of sp³-hybridized carbons (Fsp3) is 0.529. The number of hydrogen-bond acceptors (Lipinski definition) is 6. The molecular weight excluding hydrogens is 314 g/mol.